The second-order valence-electron chi connectivity index (χ2n) is 7.04. The van der Waals surface area contributed by atoms with Crippen LogP contribution in [0.25, 0.3) is 0 Å². The molecule has 2 aliphatic heterocycles. The number of thiazole rings is 1. The summed E-state index contributed by atoms with van der Waals surface area (Å²) in [4.78, 5) is 20.3. The second kappa shape index (κ2) is 6.28. The zero-order valence-electron chi connectivity index (χ0n) is 14.1. The normalized spacial score (nSPS) is 28.6. The number of hydrogen-bond donors (Lipinski definition) is 1. The van der Waals surface area contributed by atoms with E-state index in [2.05, 4.69) is 17.2 Å². The van der Waals surface area contributed by atoms with Gasteiger partial charge in [-0.05, 0) is 52.4 Å². The molecule has 22 heavy (non-hydrogen) atoms. The summed E-state index contributed by atoms with van der Waals surface area (Å²) in [6, 6.07) is 1.44. The minimum absolute atomic E-state index is 0.122. The summed E-state index contributed by atoms with van der Waals surface area (Å²) < 4.78 is 0. The first-order chi connectivity index (χ1) is 10.4. The molecule has 4 nitrogen and oxygen atoms in total. The van der Waals surface area contributed by atoms with Crippen LogP contribution in [0.5, 0.6) is 0 Å². The average molecular weight is 321 g/mol. The molecule has 5 heteroatoms. The van der Waals surface area contributed by atoms with Gasteiger partial charge in [-0.25, -0.2) is 4.98 Å². The van der Waals surface area contributed by atoms with Crippen LogP contribution in [0, 0.1) is 19.8 Å². The first-order valence-corrected chi connectivity index (χ1v) is 9.21. The fourth-order valence-electron chi connectivity index (χ4n) is 4.06. The third-order valence-electron chi connectivity index (χ3n) is 5.33. The minimum Gasteiger partial charge on any atom is -0.338 e. The van der Waals surface area contributed by atoms with Crippen molar-refractivity contribution in [3.63, 3.8) is 0 Å². The summed E-state index contributed by atoms with van der Waals surface area (Å²) in [6.07, 6.45) is 5.63. The van der Waals surface area contributed by atoms with Crippen molar-refractivity contribution in [2.45, 2.75) is 71.0 Å². The van der Waals surface area contributed by atoms with E-state index in [0.717, 1.165) is 10.7 Å². The van der Waals surface area contributed by atoms with Crippen LogP contribution < -0.4 is 5.32 Å². The molecule has 0 spiro atoms. The number of fused-ring (bicyclic) bond motifs is 2. The summed E-state index contributed by atoms with van der Waals surface area (Å²) in [5, 5.41) is 4.73. The Morgan fingerprint density at radius 3 is 2.55 bits per heavy atom. The number of piperidine rings is 1. The highest BCUT2D eigenvalue weighted by molar-refractivity contribution is 7.11. The van der Waals surface area contributed by atoms with Crippen molar-refractivity contribution in [2.24, 2.45) is 5.92 Å². The molecule has 1 amide bonds. The summed E-state index contributed by atoms with van der Waals surface area (Å²) in [7, 11) is 1.94. The quantitative estimate of drug-likeness (QED) is 0.926. The maximum absolute atomic E-state index is 12.7. The first kappa shape index (κ1) is 15.9. The molecule has 3 unspecified atom stereocenters. The molecule has 2 bridgehead atoms. The summed E-state index contributed by atoms with van der Waals surface area (Å²) in [5.74, 6) is 0.842. The number of amides is 1. The second-order valence-corrected chi connectivity index (χ2v) is 8.28. The van der Waals surface area contributed by atoms with E-state index in [9.17, 15) is 4.79 Å². The minimum atomic E-state index is 0.122. The summed E-state index contributed by atoms with van der Waals surface area (Å²) >= 11 is 1.71. The lowest BCUT2D eigenvalue weighted by atomic mass is 9.89. The van der Waals surface area contributed by atoms with Gasteiger partial charge in [0.25, 0.3) is 0 Å². The van der Waals surface area contributed by atoms with Crippen LogP contribution >= 0.6 is 11.3 Å². The van der Waals surface area contributed by atoms with E-state index in [4.69, 9.17) is 0 Å². The fourth-order valence-corrected chi connectivity index (χ4v) is 5.08. The number of hydrogen-bond acceptors (Lipinski definition) is 4. The Hall–Kier alpha value is -0.940. The highest BCUT2D eigenvalue weighted by Crippen LogP contribution is 2.34. The molecule has 3 heterocycles. The number of carbonyl (C=O) groups is 1. The molecule has 0 saturated carbocycles. The van der Waals surface area contributed by atoms with Crippen LogP contribution in [0.15, 0.2) is 0 Å². The van der Waals surface area contributed by atoms with Gasteiger partial charge in [-0.3, -0.25) is 4.79 Å². The van der Waals surface area contributed by atoms with Gasteiger partial charge in [0.2, 0.25) is 5.91 Å². The predicted octanol–water partition coefficient (Wildman–Crippen LogP) is 3.20. The molecule has 0 radical (unpaired) electrons. The van der Waals surface area contributed by atoms with Gasteiger partial charge in [-0.1, -0.05) is 0 Å². The van der Waals surface area contributed by atoms with Crippen molar-refractivity contribution in [3.8, 4) is 0 Å². The van der Waals surface area contributed by atoms with E-state index >= 15 is 0 Å². The van der Waals surface area contributed by atoms with Gasteiger partial charge in [0.1, 0.15) is 0 Å². The number of nitrogens with zero attached hydrogens (tertiary/aromatic N) is 2. The van der Waals surface area contributed by atoms with E-state index in [-0.39, 0.29) is 11.9 Å². The third-order valence-corrected chi connectivity index (χ3v) is 6.57. The van der Waals surface area contributed by atoms with E-state index < -0.39 is 0 Å². The molecule has 2 saturated heterocycles. The highest BCUT2D eigenvalue weighted by Gasteiger charge is 2.35. The molecule has 122 valence electrons. The van der Waals surface area contributed by atoms with Gasteiger partial charge in [0.05, 0.1) is 16.7 Å². The molecule has 1 aromatic rings. The summed E-state index contributed by atoms with van der Waals surface area (Å²) in [6.45, 7) is 6.18. The lowest BCUT2D eigenvalue weighted by Crippen LogP contribution is -2.40. The predicted molar refractivity (Wildman–Crippen MR) is 90.1 cm³/mol. The van der Waals surface area contributed by atoms with Gasteiger partial charge in [0.15, 0.2) is 0 Å². The van der Waals surface area contributed by atoms with Crippen molar-refractivity contribution in [1.29, 1.82) is 0 Å². The molecule has 0 aliphatic carbocycles. The van der Waals surface area contributed by atoms with Crippen LogP contribution in [0.4, 0.5) is 0 Å². The van der Waals surface area contributed by atoms with Gasteiger partial charge in [0, 0.05) is 30.4 Å². The Balaban J connectivity index is 1.60. The number of aromatic nitrogens is 1. The SMILES string of the molecule is Cc1nc(C)c(C(C)N(C)C(=O)CC2CC3CCC(C2)N3)s1. The topological polar surface area (TPSA) is 45.2 Å². The Bertz CT molecular complexity index is 544. The van der Waals surface area contributed by atoms with Gasteiger partial charge < -0.3 is 10.2 Å². The van der Waals surface area contributed by atoms with E-state index in [0.29, 0.717) is 24.4 Å². The average Bonchev–Trinajstić information content (AvgIpc) is 2.98. The molecule has 1 N–H and O–H groups in total. The first-order valence-electron chi connectivity index (χ1n) is 8.39. The monoisotopic (exact) mass is 321 g/mol. The molecular weight excluding hydrogens is 294 g/mol. The Kier molecular flexibility index (Phi) is 4.55. The number of rotatable bonds is 4. The van der Waals surface area contributed by atoms with Crippen molar-refractivity contribution >= 4 is 17.2 Å². The molecule has 3 rings (SSSR count). The van der Waals surface area contributed by atoms with Crippen molar-refractivity contribution in [1.82, 2.24) is 15.2 Å². The summed E-state index contributed by atoms with van der Waals surface area (Å²) in [5.41, 5.74) is 1.06. The Morgan fingerprint density at radius 2 is 2.00 bits per heavy atom. The Labute approximate surface area is 137 Å². The number of aryl methyl sites for hydroxylation is 2. The van der Waals surface area contributed by atoms with Crippen LogP contribution in [0.2, 0.25) is 0 Å². The van der Waals surface area contributed by atoms with Crippen molar-refractivity contribution in [2.75, 3.05) is 7.05 Å². The van der Waals surface area contributed by atoms with Crippen LogP contribution in [0.1, 0.15) is 60.6 Å². The maximum Gasteiger partial charge on any atom is 0.223 e. The lowest BCUT2D eigenvalue weighted by Gasteiger charge is -2.31. The lowest BCUT2D eigenvalue weighted by molar-refractivity contribution is -0.133. The smallest absolute Gasteiger partial charge is 0.223 e. The van der Waals surface area contributed by atoms with Crippen LogP contribution in [-0.4, -0.2) is 34.9 Å². The molecule has 2 aliphatic rings. The fraction of sp³-hybridized carbons (Fsp3) is 0.765. The molecule has 0 aromatic carbocycles. The van der Waals surface area contributed by atoms with Gasteiger partial charge >= 0.3 is 0 Å². The molecule has 2 fully saturated rings. The number of carbonyl (C=O) groups excluding carboxylic acids is 1. The van der Waals surface area contributed by atoms with Gasteiger partial charge in [-0.2, -0.15) is 0 Å². The zero-order chi connectivity index (χ0) is 15.9. The van der Waals surface area contributed by atoms with E-state index in [1.54, 1.807) is 11.3 Å². The highest BCUT2D eigenvalue weighted by atomic mass is 32.1. The van der Waals surface area contributed by atoms with Crippen LogP contribution in [0.3, 0.4) is 0 Å². The largest absolute Gasteiger partial charge is 0.338 e. The third kappa shape index (κ3) is 3.20. The van der Waals surface area contributed by atoms with E-state index in [1.807, 2.05) is 25.8 Å². The van der Waals surface area contributed by atoms with Crippen molar-refractivity contribution < 1.29 is 4.79 Å². The molecular formula is C17H27N3OS. The maximum atomic E-state index is 12.7. The van der Waals surface area contributed by atoms with E-state index in [1.165, 1.54) is 30.6 Å². The molecule has 1 aromatic heterocycles. The van der Waals surface area contributed by atoms with Crippen LogP contribution in [-0.2, 0) is 4.79 Å². The van der Waals surface area contributed by atoms with Gasteiger partial charge in [-0.15, -0.1) is 11.3 Å². The Morgan fingerprint density at radius 1 is 1.36 bits per heavy atom. The standard InChI is InChI=1S/C17H27N3OS/c1-10-17(22-12(3)18-10)11(2)20(4)16(21)9-13-7-14-5-6-15(8-13)19-14/h11,13-15,19H,5-9H2,1-4H3. The zero-order valence-corrected chi connectivity index (χ0v) is 14.9. The molecule has 3 atom stereocenters. The van der Waals surface area contributed by atoms with Crippen molar-refractivity contribution in [3.05, 3.63) is 15.6 Å². The number of nitrogens with one attached hydrogen (secondary N) is 1.